The van der Waals surface area contributed by atoms with E-state index in [1.54, 1.807) is 6.07 Å². The number of carbonyl (C=O) groups excluding carboxylic acids is 2. The number of amides is 1. The van der Waals surface area contributed by atoms with Crippen LogP contribution in [0.1, 0.15) is 67.7 Å². The second-order valence-corrected chi connectivity index (χ2v) is 12.7. The summed E-state index contributed by atoms with van der Waals surface area (Å²) in [5, 5.41) is 0. The van der Waals surface area contributed by atoms with Crippen molar-refractivity contribution in [2.45, 2.75) is 81.6 Å². The lowest BCUT2D eigenvalue weighted by atomic mass is 9.63. The number of esters is 1. The van der Waals surface area contributed by atoms with Crippen molar-refractivity contribution in [3.8, 4) is 0 Å². The van der Waals surface area contributed by atoms with E-state index in [4.69, 9.17) is 4.74 Å². The van der Waals surface area contributed by atoms with Gasteiger partial charge in [0.1, 0.15) is 0 Å². The van der Waals surface area contributed by atoms with E-state index in [9.17, 15) is 27.2 Å². The summed E-state index contributed by atoms with van der Waals surface area (Å²) in [4.78, 5) is 27.9. The lowest BCUT2D eigenvalue weighted by Gasteiger charge is -2.45. The Balaban J connectivity index is 1.48. The lowest BCUT2D eigenvalue weighted by molar-refractivity contribution is -0.228. The van der Waals surface area contributed by atoms with Gasteiger partial charge in [0.2, 0.25) is 11.6 Å². The number of hydrogen-bond acceptors (Lipinski definition) is 3. The van der Waals surface area contributed by atoms with Crippen LogP contribution in [0.4, 0.5) is 17.6 Å². The number of halogens is 5. The average molecular weight is 625 g/mol. The smallest absolute Gasteiger partial charge is 0.426 e. The van der Waals surface area contributed by atoms with E-state index in [1.807, 2.05) is 29.2 Å². The largest absolute Gasteiger partial charge is 0.469 e. The molecule has 0 radical (unpaired) electrons. The Morgan fingerprint density at radius 2 is 1.73 bits per heavy atom. The molecule has 3 unspecified atom stereocenters. The second-order valence-electron chi connectivity index (χ2n) is 11.7. The number of fused-ring (bicyclic) bond motifs is 3. The van der Waals surface area contributed by atoms with E-state index in [2.05, 4.69) is 15.9 Å². The summed E-state index contributed by atoms with van der Waals surface area (Å²) >= 11 is 3.54. The number of likely N-dealkylation sites (tertiary alicyclic amines) is 1. The molecule has 0 spiro atoms. The molecule has 2 aliphatic carbocycles. The summed E-state index contributed by atoms with van der Waals surface area (Å²) in [7, 11) is 1.38. The third-order valence-electron chi connectivity index (χ3n) is 9.52. The van der Waals surface area contributed by atoms with Gasteiger partial charge in [0, 0.05) is 28.4 Å². The number of ether oxygens (including phenoxy) is 1. The third-order valence-corrected chi connectivity index (χ3v) is 10.0. The number of alkyl halides is 4. The number of hydrogen-bond donors (Lipinski definition) is 0. The molecule has 1 aliphatic heterocycles. The molecule has 1 saturated heterocycles. The van der Waals surface area contributed by atoms with Crippen molar-refractivity contribution in [2.75, 3.05) is 13.7 Å². The first-order valence-corrected chi connectivity index (χ1v) is 14.7. The van der Waals surface area contributed by atoms with Gasteiger partial charge < -0.3 is 9.64 Å². The predicted octanol–water partition coefficient (Wildman–Crippen LogP) is 7.20. The van der Waals surface area contributed by atoms with E-state index in [1.165, 1.54) is 19.2 Å². The van der Waals surface area contributed by atoms with Crippen molar-refractivity contribution in [3.05, 3.63) is 69.2 Å². The highest BCUT2D eigenvalue weighted by Gasteiger charge is 2.56. The summed E-state index contributed by atoms with van der Waals surface area (Å²) in [5.74, 6) is -0.460. The van der Waals surface area contributed by atoms with Crippen LogP contribution in [0.15, 0.2) is 46.9 Å². The molecular weight excluding hydrogens is 590 g/mol. The first kappa shape index (κ1) is 29.1. The maximum atomic E-state index is 14.9. The van der Waals surface area contributed by atoms with E-state index in [0.29, 0.717) is 64.8 Å². The maximum absolute atomic E-state index is 14.9. The highest BCUT2D eigenvalue weighted by molar-refractivity contribution is 9.10. The fourth-order valence-corrected chi connectivity index (χ4v) is 7.72. The van der Waals surface area contributed by atoms with Gasteiger partial charge in [-0.25, -0.2) is 4.39 Å². The molecule has 2 fully saturated rings. The van der Waals surface area contributed by atoms with Gasteiger partial charge in [0.05, 0.1) is 13.0 Å². The van der Waals surface area contributed by atoms with Gasteiger partial charge >= 0.3 is 12.1 Å². The van der Waals surface area contributed by atoms with Crippen molar-refractivity contribution in [1.29, 1.82) is 0 Å². The number of nitrogens with zero attached hydrogens (tertiary/aromatic N) is 1. The zero-order valence-corrected chi connectivity index (χ0v) is 24.3. The first-order chi connectivity index (χ1) is 18.9. The Bertz CT molecular complexity index is 1290. The van der Waals surface area contributed by atoms with E-state index >= 15 is 0 Å². The fraction of sp³-hybridized carbons (Fsp3) is 0.548. The van der Waals surface area contributed by atoms with Crippen LogP contribution in [0.5, 0.6) is 0 Å². The van der Waals surface area contributed by atoms with Gasteiger partial charge in [0.15, 0.2) is 0 Å². The molecule has 2 aromatic rings. The van der Waals surface area contributed by atoms with Crippen molar-refractivity contribution >= 4 is 27.8 Å². The molecule has 2 aromatic carbocycles. The summed E-state index contributed by atoms with van der Waals surface area (Å²) in [6.07, 6.45) is -0.144. The van der Waals surface area contributed by atoms with E-state index < -0.39 is 17.3 Å². The molecule has 5 rings (SSSR count). The van der Waals surface area contributed by atoms with Crippen LogP contribution in [-0.4, -0.2) is 42.6 Å². The zero-order chi connectivity index (χ0) is 28.9. The van der Waals surface area contributed by atoms with Gasteiger partial charge in [-0.3, -0.25) is 9.59 Å². The molecule has 3 atom stereocenters. The van der Waals surface area contributed by atoms with Crippen LogP contribution in [0.3, 0.4) is 0 Å². The number of benzene rings is 2. The van der Waals surface area contributed by atoms with Gasteiger partial charge in [0.25, 0.3) is 0 Å². The number of aryl methyl sites for hydroxylation is 1. The van der Waals surface area contributed by atoms with Crippen molar-refractivity contribution in [2.24, 2.45) is 11.8 Å². The summed E-state index contributed by atoms with van der Waals surface area (Å²) in [5.41, 5.74) is -1.62. The fourth-order valence-electron chi connectivity index (χ4n) is 7.27. The molecule has 216 valence electrons. The molecule has 0 aromatic heterocycles. The summed E-state index contributed by atoms with van der Waals surface area (Å²) in [6.45, 7) is 1.13. The Labute approximate surface area is 240 Å². The monoisotopic (exact) mass is 623 g/mol. The molecule has 3 aliphatic rings. The minimum Gasteiger partial charge on any atom is -0.469 e. The highest BCUT2D eigenvalue weighted by Crippen LogP contribution is 2.51. The van der Waals surface area contributed by atoms with E-state index in [0.717, 1.165) is 21.2 Å². The summed E-state index contributed by atoms with van der Waals surface area (Å²) in [6, 6.07) is 12.2. The topological polar surface area (TPSA) is 46.6 Å². The minimum atomic E-state index is -5.02. The Morgan fingerprint density at radius 3 is 2.38 bits per heavy atom. The molecule has 1 amide bonds. The molecule has 9 heteroatoms. The molecule has 4 nitrogen and oxygen atoms in total. The number of rotatable bonds is 5. The molecule has 1 saturated carbocycles. The predicted molar refractivity (Wildman–Crippen MR) is 146 cm³/mol. The van der Waals surface area contributed by atoms with Crippen LogP contribution in [0.2, 0.25) is 0 Å². The second kappa shape index (κ2) is 10.8. The van der Waals surface area contributed by atoms with E-state index in [-0.39, 0.29) is 35.3 Å². The zero-order valence-electron chi connectivity index (χ0n) is 22.7. The average Bonchev–Trinajstić information content (AvgIpc) is 3.30. The highest BCUT2D eigenvalue weighted by atomic mass is 79.9. The standard InChI is InChI=1S/C31H34BrF4NO3/c1-29(33,31(34,35)36)23-11-12-25-22(17-23)10-13-26-30(25,18-19-4-3-5-24(32)16-19)14-15-37(26)27(38)20-6-8-21(9-7-20)28(39)40-2/h3-5,11-12,16-17,20-21,26H,6-10,13-15,18H2,1-2H3. The van der Waals surface area contributed by atoms with Gasteiger partial charge in [-0.1, -0.05) is 46.3 Å². The molecule has 0 N–H and O–H groups in total. The van der Waals surface area contributed by atoms with Crippen LogP contribution < -0.4 is 0 Å². The quantitative estimate of drug-likeness (QED) is 0.261. The molecule has 1 heterocycles. The molecule has 0 bridgehead atoms. The maximum Gasteiger partial charge on any atom is 0.426 e. The number of methoxy groups -OCH3 is 1. The lowest BCUT2D eigenvalue weighted by Crippen LogP contribution is -2.51. The minimum absolute atomic E-state index is 0.0953. The van der Waals surface area contributed by atoms with Gasteiger partial charge in [-0.05, 0) is 92.7 Å². The van der Waals surface area contributed by atoms with Gasteiger partial charge in [-0.2, -0.15) is 13.2 Å². The van der Waals surface area contributed by atoms with Crippen LogP contribution in [0, 0.1) is 11.8 Å². The normalized spacial score (nSPS) is 27.9. The first-order valence-electron chi connectivity index (χ1n) is 13.9. The van der Waals surface area contributed by atoms with Crippen LogP contribution >= 0.6 is 15.9 Å². The van der Waals surface area contributed by atoms with Crippen molar-refractivity contribution < 1.29 is 31.9 Å². The van der Waals surface area contributed by atoms with Crippen LogP contribution in [-0.2, 0) is 38.3 Å². The van der Waals surface area contributed by atoms with Gasteiger partial charge in [-0.15, -0.1) is 0 Å². The summed E-state index contributed by atoms with van der Waals surface area (Å²) < 4.78 is 61.3. The third kappa shape index (κ3) is 5.07. The van der Waals surface area contributed by atoms with Crippen molar-refractivity contribution in [3.63, 3.8) is 0 Å². The molecule has 40 heavy (non-hydrogen) atoms. The van der Waals surface area contributed by atoms with Crippen LogP contribution in [0.25, 0.3) is 0 Å². The number of carbonyl (C=O) groups is 2. The Kier molecular flexibility index (Phi) is 7.83. The molecular formula is C31H34BrF4NO3. The Hall–Kier alpha value is -2.42. The Morgan fingerprint density at radius 1 is 1.02 bits per heavy atom. The van der Waals surface area contributed by atoms with Crippen molar-refractivity contribution in [1.82, 2.24) is 4.90 Å². The SMILES string of the molecule is COC(=O)C1CCC(C(=O)N2CCC3(Cc4cccc(Br)c4)c4ccc(C(C)(F)C(F)(F)F)cc4CCC23)CC1.